The lowest BCUT2D eigenvalue weighted by atomic mass is 9.92. The zero-order valence-corrected chi connectivity index (χ0v) is 20.5. The highest BCUT2D eigenvalue weighted by Gasteiger charge is 2.25. The van der Waals surface area contributed by atoms with Gasteiger partial charge in [-0.25, -0.2) is 9.78 Å². The lowest BCUT2D eigenvalue weighted by Gasteiger charge is -2.20. The molecule has 1 aliphatic heterocycles. The zero-order chi connectivity index (χ0) is 23.9. The van der Waals surface area contributed by atoms with Gasteiger partial charge in [-0.2, -0.15) is 0 Å². The number of rotatable bonds is 6. The molecule has 1 amide bonds. The highest BCUT2D eigenvalue weighted by Crippen LogP contribution is 2.32. The Morgan fingerprint density at radius 3 is 2.48 bits per heavy atom. The number of nitrogens with zero attached hydrogens (tertiary/aromatic N) is 2. The van der Waals surface area contributed by atoms with Gasteiger partial charge in [-0.05, 0) is 41.9 Å². The third-order valence-corrected chi connectivity index (χ3v) is 7.23. The van der Waals surface area contributed by atoms with E-state index in [1.165, 1.54) is 0 Å². The highest BCUT2D eigenvalue weighted by molar-refractivity contribution is 7.20. The van der Waals surface area contributed by atoms with E-state index in [0.29, 0.717) is 27.2 Å². The second-order valence-electron chi connectivity index (χ2n) is 9.07. The van der Waals surface area contributed by atoms with Crippen LogP contribution in [0.5, 0.6) is 0 Å². The number of amides is 1. The Labute approximate surface area is 196 Å². The molecule has 174 valence electrons. The third kappa shape index (κ3) is 4.31. The molecule has 0 aliphatic carbocycles. The molecule has 33 heavy (non-hydrogen) atoms. The van der Waals surface area contributed by atoms with Gasteiger partial charge in [0, 0.05) is 18.7 Å². The summed E-state index contributed by atoms with van der Waals surface area (Å²) in [5.41, 5.74) is 3.33. The molecule has 3 aromatic rings. The van der Waals surface area contributed by atoms with Crippen LogP contribution in [-0.2, 0) is 22.5 Å². The van der Waals surface area contributed by atoms with Crippen LogP contribution in [0.1, 0.15) is 78.1 Å². The van der Waals surface area contributed by atoms with E-state index in [1.54, 1.807) is 11.5 Å². The zero-order valence-electron chi connectivity index (χ0n) is 19.7. The van der Waals surface area contributed by atoms with Crippen molar-refractivity contribution in [3.8, 4) is 0 Å². The van der Waals surface area contributed by atoms with Crippen molar-refractivity contribution in [2.75, 3.05) is 11.9 Å². The van der Waals surface area contributed by atoms with Crippen molar-refractivity contribution >= 4 is 39.1 Å². The number of hydrogen-bond acceptors (Lipinski definition) is 6. The fraction of sp³-hybridized carbons (Fsp3) is 0.440. The number of carbonyl (C=O) groups is 2. The second-order valence-corrected chi connectivity index (χ2v) is 10.1. The van der Waals surface area contributed by atoms with Crippen LogP contribution in [0.15, 0.2) is 23.0 Å². The van der Waals surface area contributed by atoms with Crippen LogP contribution in [0.4, 0.5) is 5.69 Å². The summed E-state index contributed by atoms with van der Waals surface area (Å²) in [6.45, 7) is 10.3. The van der Waals surface area contributed by atoms with E-state index in [-0.39, 0.29) is 17.4 Å². The quantitative estimate of drug-likeness (QED) is 0.528. The Morgan fingerprint density at radius 2 is 1.85 bits per heavy atom. The van der Waals surface area contributed by atoms with Crippen LogP contribution in [0.25, 0.3) is 10.2 Å². The molecule has 8 heteroatoms. The molecule has 0 saturated carbocycles. The first-order valence-electron chi connectivity index (χ1n) is 11.3. The highest BCUT2D eigenvalue weighted by atomic mass is 32.1. The van der Waals surface area contributed by atoms with Gasteiger partial charge in [0.15, 0.2) is 6.61 Å². The molecule has 0 radical (unpaired) electrons. The van der Waals surface area contributed by atoms with Crippen LogP contribution in [0.2, 0.25) is 0 Å². The van der Waals surface area contributed by atoms with Gasteiger partial charge in [-0.3, -0.25) is 14.2 Å². The number of carbonyl (C=O) groups excluding carboxylic acids is 2. The van der Waals surface area contributed by atoms with E-state index < -0.39 is 18.5 Å². The lowest BCUT2D eigenvalue weighted by molar-refractivity contribution is -0.119. The molecule has 0 unspecified atom stereocenters. The molecule has 0 spiro atoms. The van der Waals surface area contributed by atoms with Crippen LogP contribution in [0, 0.1) is 6.92 Å². The van der Waals surface area contributed by atoms with Crippen LogP contribution in [-0.4, -0.2) is 28.0 Å². The molecule has 7 nitrogen and oxygen atoms in total. The topological polar surface area (TPSA) is 90.3 Å². The number of nitrogens with one attached hydrogen (secondary N) is 1. The van der Waals surface area contributed by atoms with Crippen LogP contribution < -0.4 is 10.9 Å². The predicted octanol–water partition coefficient (Wildman–Crippen LogP) is 4.75. The largest absolute Gasteiger partial charge is 0.451 e. The summed E-state index contributed by atoms with van der Waals surface area (Å²) < 4.78 is 7.02. The fourth-order valence-corrected chi connectivity index (χ4v) is 5.42. The van der Waals surface area contributed by atoms with Crippen molar-refractivity contribution in [2.24, 2.45) is 0 Å². The molecule has 1 aliphatic rings. The van der Waals surface area contributed by atoms with Crippen LogP contribution in [0.3, 0.4) is 0 Å². The standard InChI is InChI=1S/C25H29N3O4S/c1-13(2)16-8-6-9-17(14(3)4)21(16)27-19(29)12-32-25(31)22-15(5)20-23(33-22)26-18-10-7-11-28(18)24(20)30/h6,8-9,13-14H,7,10-12H2,1-5H3,(H,27,29). The van der Waals surface area contributed by atoms with Gasteiger partial charge in [-0.1, -0.05) is 45.9 Å². The summed E-state index contributed by atoms with van der Waals surface area (Å²) >= 11 is 1.15. The van der Waals surface area contributed by atoms with Gasteiger partial charge in [-0.15, -0.1) is 11.3 Å². The van der Waals surface area contributed by atoms with Crippen molar-refractivity contribution in [1.82, 2.24) is 9.55 Å². The second kappa shape index (κ2) is 9.09. The summed E-state index contributed by atoms with van der Waals surface area (Å²) in [7, 11) is 0. The first-order chi connectivity index (χ1) is 15.7. The summed E-state index contributed by atoms with van der Waals surface area (Å²) in [5.74, 6) is 0.218. The Hall–Kier alpha value is -3.00. The lowest BCUT2D eigenvalue weighted by Crippen LogP contribution is -2.23. The summed E-state index contributed by atoms with van der Waals surface area (Å²) in [5, 5.41) is 3.42. The number of aryl methyl sites for hydroxylation is 2. The molecular weight excluding hydrogens is 438 g/mol. The van der Waals surface area contributed by atoms with E-state index in [2.05, 4.69) is 38.0 Å². The Balaban J connectivity index is 1.52. The maximum Gasteiger partial charge on any atom is 0.349 e. The number of ether oxygens (including phenoxy) is 1. The molecule has 1 aromatic carbocycles. The van der Waals surface area contributed by atoms with Gasteiger partial charge in [0.1, 0.15) is 15.5 Å². The van der Waals surface area contributed by atoms with E-state index >= 15 is 0 Å². The molecular formula is C25H29N3O4S. The number of anilines is 1. The minimum absolute atomic E-state index is 0.107. The monoisotopic (exact) mass is 467 g/mol. The number of thiophene rings is 1. The average molecular weight is 468 g/mol. The number of hydrogen-bond donors (Lipinski definition) is 1. The number of esters is 1. The molecule has 0 atom stereocenters. The third-order valence-electron chi connectivity index (χ3n) is 6.07. The van der Waals surface area contributed by atoms with Gasteiger partial charge < -0.3 is 10.1 Å². The van der Waals surface area contributed by atoms with Gasteiger partial charge >= 0.3 is 5.97 Å². The molecule has 0 saturated heterocycles. The van der Waals surface area contributed by atoms with E-state index in [9.17, 15) is 14.4 Å². The fourth-order valence-electron chi connectivity index (χ4n) is 4.34. The summed E-state index contributed by atoms with van der Waals surface area (Å²) in [6.07, 6.45) is 1.67. The number of benzene rings is 1. The van der Waals surface area contributed by atoms with E-state index in [0.717, 1.165) is 46.8 Å². The normalized spacial score (nSPS) is 13.1. The average Bonchev–Trinajstić information content (AvgIpc) is 3.37. The number of fused-ring (bicyclic) bond motifs is 2. The van der Waals surface area contributed by atoms with E-state index in [4.69, 9.17) is 4.74 Å². The van der Waals surface area contributed by atoms with E-state index in [1.807, 2.05) is 18.2 Å². The maximum atomic E-state index is 12.8. The first kappa shape index (κ1) is 23.2. The van der Waals surface area contributed by atoms with Gasteiger partial charge in [0.05, 0.1) is 5.39 Å². The van der Waals surface area contributed by atoms with Crippen LogP contribution >= 0.6 is 11.3 Å². The molecule has 2 aromatic heterocycles. The summed E-state index contributed by atoms with van der Waals surface area (Å²) in [6, 6.07) is 6.00. The molecule has 4 rings (SSSR count). The Bertz CT molecular complexity index is 1280. The molecule has 3 heterocycles. The van der Waals surface area contributed by atoms with Crippen molar-refractivity contribution < 1.29 is 14.3 Å². The van der Waals surface area contributed by atoms with Crippen molar-refractivity contribution in [2.45, 2.75) is 65.8 Å². The Kier molecular flexibility index (Phi) is 6.38. The van der Waals surface area contributed by atoms with Crippen molar-refractivity contribution in [3.05, 3.63) is 55.9 Å². The minimum Gasteiger partial charge on any atom is -0.451 e. The molecule has 0 bridgehead atoms. The molecule has 0 fully saturated rings. The SMILES string of the molecule is Cc1c(C(=O)OCC(=O)Nc2c(C(C)C)cccc2C(C)C)sc2nc3n(c(=O)c12)CCC3. The summed E-state index contributed by atoms with van der Waals surface area (Å²) in [4.78, 5) is 43.8. The van der Waals surface area contributed by atoms with Gasteiger partial charge in [0.25, 0.3) is 11.5 Å². The van der Waals surface area contributed by atoms with Gasteiger partial charge in [0.2, 0.25) is 0 Å². The predicted molar refractivity (Wildman–Crippen MR) is 130 cm³/mol. The smallest absolute Gasteiger partial charge is 0.349 e. The minimum atomic E-state index is -0.614. The number of para-hydroxylation sites is 1. The maximum absolute atomic E-state index is 12.8. The molecule has 1 N–H and O–H groups in total. The van der Waals surface area contributed by atoms with Crippen molar-refractivity contribution in [1.29, 1.82) is 0 Å². The first-order valence-corrected chi connectivity index (χ1v) is 12.1. The Morgan fingerprint density at radius 1 is 1.18 bits per heavy atom. The van der Waals surface area contributed by atoms with Crippen molar-refractivity contribution in [3.63, 3.8) is 0 Å². The number of aromatic nitrogens is 2.